The second-order valence-corrected chi connectivity index (χ2v) is 13.4. The molecule has 1 fully saturated rings. The Morgan fingerprint density at radius 1 is 1.12 bits per heavy atom. The maximum absolute atomic E-state index is 13.4. The van der Waals surface area contributed by atoms with Gasteiger partial charge in [0.2, 0.25) is 5.89 Å². The molecule has 1 atom stereocenters. The van der Waals surface area contributed by atoms with Gasteiger partial charge in [-0.1, -0.05) is 35.9 Å². The van der Waals surface area contributed by atoms with E-state index < -0.39 is 5.97 Å². The highest BCUT2D eigenvalue weighted by atomic mass is 35.5. The molecule has 1 unspecified atom stereocenters. The van der Waals surface area contributed by atoms with E-state index in [1.54, 1.807) is 6.07 Å². The van der Waals surface area contributed by atoms with Crippen molar-refractivity contribution in [2.24, 2.45) is 13.0 Å². The van der Waals surface area contributed by atoms with Gasteiger partial charge in [0.15, 0.2) is 11.4 Å². The number of nitrogens with one attached hydrogen (secondary N) is 2. The van der Waals surface area contributed by atoms with Crippen LogP contribution in [0.15, 0.2) is 52.9 Å². The molecule has 11 nitrogen and oxygen atoms in total. The summed E-state index contributed by atoms with van der Waals surface area (Å²) in [5.41, 5.74) is 7.93. The summed E-state index contributed by atoms with van der Waals surface area (Å²) in [4.78, 5) is 36.4. The summed E-state index contributed by atoms with van der Waals surface area (Å²) in [5, 5.41) is 26.1. The molecule has 1 saturated heterocycles. The molecule has 250 valence electrons. The van der Waals surface area contributed by atoms with E-state index in [1.165, 1.54) is 0 Å². The Morgan fingerprint density at radius 2 is 1.86 bits per heavy atom. The van der Waals surface area contributed by atoms with E-state index in [0.29, 0.717) is 84.2 Å². The average molecular weight is 678 g/mol. The fraction of sp³-hybridized carbons (Fsp3) is 0.324. The summed E-state index contributed by atoms with van der Waals surface area (Å²) in [7, 11) is 1.87. The van der Waals surface area contributed by atoms with Crippen molar-refractivity contribution >= 4 is 40.3 Å². The van der Waals surface area contributed by atoms with Crippen molar-refractivity contribution in [3.05, 3.63) is 87.5 Å². The summed E-state index contributed by atoms with van der Waals surface area (Å²) < 4.78 is 8.08. The smallest absolute Gasteiger partial charge is 0.306 e. The first kappa shape index (κ1) is 32.5. The number of piperidine rings is 1. The van der Waals surface area contributed by atoms with Crippen LogP contribution in [0, 0.1) is 24.2 Å². The highest BCUT2D eigenvalue weighted by molar-refractivity contribution is 6.36. The van der Waals surface area contributed by atoms with Gasteiger partial charge >= 0.3 is 5.97 Å². The SMILES string of the molecule is Cc1c(-c2nc3cc(CN4CCC(C(=O)O)CC4)cc(C#N)c3o2)cccc1-c1cccc(NC(=O)c2nc3c(n2C)CC(C)NC3)c1Cl. The predicted molar refractivity (Wildman–Crippen MR) is 186 cm³/mol. The molecule has 0 saturated carbocycles. The minimum atomic E-state index is -0.740. The minimum absolute atomic E-state index is 0.305. The number of nitriles is 1. The molecule has 3 aromatic carbocycles. The standard InChI is InChI=1S/C37H36ClN7O4/c1-20-14-31-30(18-40-20)41-34(44(31)3)35(46)42-28-9-5-8-27(32(28)38)25-6-4-7-26(21(25)2)36-43-29-16-22(15-24(17-39)33(29)49-36)19-45-12-10-23(11-13-45)37(47)48/h4-9,15-16,20,23,40H,10-14,18-19H2,1-3H3,(H,42,46)(H,47,48). The lowest BCUT2D eigenvalue weighted by molar-refractivity contribution is -0.143. The molecule has 4 heterocycles. The lowest BCUT2D eigenvalue weighted by atomic mass is 9.96. The number of aromatic nitrogens is 3. The molecule has 2 aliphatic rings. The Kier molecular flexibility index (Phi) is 8.71. The first-order valence-corrected chi connectivity index (χ1v) is 16.8. The maximum Gasteiger partial charge on any atom is 0.306 e. The van der Waals surface area contributed by atoms with Gasteiger partial charge in [-0.05, 0) is 80.7 Å². The molecule has 3 N–H and O–H groups in total. The van der Waals surface area contributed by atoms with Crippen LogP contribution >= 0.6 is 11.6 Å². The van der Waals surface area contributed by atoms with E-state index in [1.807, 2.05) is 61.0 Å². The normalized spacial score (nSPS) is 16.8. The Morgan fingerprint density at radius 3 is 2.61 bits per heavy atom. The monoisotopic (exact) mass is 677 g/mol. The van der Waals surface area contributed by atoms with Crippen molar-refractivity contribution in [1.29, 1.82) is 5.26 Å². The van der Waals surface area contributed by atoms with Crippen LogP contribution in [0.1, 0.15) is 58.5 Å². The molecular formula is C37H36ClN7O4. The van der Waals surface area contributed by atoms with Crippen molar-refractivity contribution in [3.8, 4) is 28.7 Å². The molecule has 12 heteroatoms. The Hall–Kier alpha value is -5.02. The number of carbonyl (C=O) groups excluding carboxylic acids is 1. The third kappa shape index (κ3) is 6.19. The average Bonchev–Trinajstić information content (AvgIpc) is 3.66. The number of carboxylic acid groups (broad SMARTS) is 1. The third-order valence-electron chi connectivity index (χ3n) is 9.73. The number of benzene rings is 3. The molecule has 2 aromatic heterocycles. The number of hydrogen-bond acceptors (Lipinski definition) is 8. The number of oxazole rings is 1. The van der Waals surface area contributed by atoms with Gasteiger partial charge in [-0.25, -0.2) is 9.97 Å². The van der Waals surface area contributed by atoms with E-state index in [9.17, 15) is 20.0 Å². The number of anilines is 1. The molecule has 0 bridgehead atoms. The molecule has 0 radical (unpaired) electrons. The molecule has 1 amide bonds. The van der Waals surface area contributed by atoms with Crippen LogP contribution in [-0.2, 0) is 31.4 Å². The zero-order chi connectivity index (χ0) is 34.4. The number of fused-ring (bicyclic) bond motifs is 2. The molecule has 49 heavy (non-hydrogen) atoms. The van der Waals surface area contributed by atoms with Gasteiger partial charge < -0.3 is 24.7 Å². The molecule has 0 spiro atoms. The Bertz CT molecular complexity index is 2160. The number of aliphatic carboxylic acids is 1. The fourth-order valence-corrected chi connectivity index (χ4v) is 7.25. The van der Waals surface area contributed by atoms with Gasteiger partial charge in [-0.15, -0.1) is 0 Å². The van der Waals surface area contributed by atoms with Crippen molar-refractivity contribution < 1.29 is 19.1 Å². The molecular weight excluding hydrogens is 642 g/mol. The van der Waals surface area contributed by atoms with Crippen LogP contribution in [0.3, 0.4) is 0 Å². The van der Waals surface area contributed by atoms with Gasteiger partial charge in [0.1, 0.15) is 11.6 Å². The van der Waals surface area contributed by atoms with Gasteiger partial charge in [-0.2, -0.15) is 5.26 Å². The second kappa shape index (κ2) is 13.1. The van der Waals surface area contributed by atoms with Crippen molar-refractivity contribution in [1.82, 2.24) is 24.8 Å². The third-order valence-corrected chi connectivity index (χ3v) is 10.1. The summed E-state index contributed by atoms with van der Waals surface area (Å²) >= 11 is 6.97. The van der Waals surface area contributed by atoms with E-state index in [2.05, 4.69) is 33.5 Å². The van der Waals surface area contributed by atoms with Crippen LogP contribution in [-0.4, -0.2) is 55.5 Å². The quantitative estimate of drug-likeness (QED) is 0.180. The molecule has 5 aromatic rings. The summed E-state index contributed by atoms with van der Waals surface area (Å²) in [5.74, 6) is -0.666. The van der Waals surface area contributed by atoms with Gasteiger partial charge in [0.25, 0.3) is 5.91 Å². The van der Waals surface area contributed by atoms with E-state index in [4.69, 9.17) is 21.0 Å². The highest BCUT2D eigenvalue weighted by Crippen LogP contribution is 2.39. The van der Waals surface area contributed by atoms with Gasteiger partial charge in [0, 0.05) is 49.4 Å². The lowest BCUT2D eigenvalue weighted by Gasteiger charge is -2.30. The number of carboxylic acids is 1. The Balaban J connectivity index is 1.16. The molecule has 0 aliphatic carbocycles. The van der Waals surface area contributed by atoms with Crippen LogP contribution in [0.5, 0.6) is 0 Å². The van der Waals surface area contributed by atoms with Gasteiger partial charge in [-0.3, -0.25) is 14.5 Å². The number of nitrogens with zero attached hydrogens (tertiary/aromatic N) is 5. The van der Waals surface area contributed by atoms with Crippen LogP contribution < -0.4 is 10.6 Å². The summed E-state index contributed by atoms with van der Waals surface area (Å²) in [6, 6.07) is 17.6. The number of amides is 1. The highest BCUT2D eigenvalue weighted by Gasteiger charge is 2.27. The van der Waals surface area contributed by atoms with Crippen molar-refractivity contribution in [2.75, 3.05) is 18.4 Å². The van der Waals surface area contributed by atoms with Gasteiger partial charge in [0.05, 0.1) is 27.9 Å². The van der Waals surface area contributed by atoms with Crippen molar-refractivity contribution in [2.45, 2.75) is 52.2 Å². The van der Waals surface area contributed by atoms with Crippen molar-refractivity contribution in [3.63, 3.8) is 0 Å². The number of halogens is 1. The number of hydrogen-bond donors (Lipinski definition) is 3. The minimum Gasteiger partial charge on any atom is -0.481 e. The largest absolute Gasteiger partial charge is 0.481 e. The predicted octanol–water partition coefficient (Wildman–Crippen LogP) is 6.31. The summed E-state index contributed by atoms with van der Waals surface area (Å²) in [6.07, 6.45) is 2.01. The second-order valence-electron chi connectivity index (χ2n) is 13.0. The van der Waals surface area contributed by atoms with E-state index in [0.717, 1.165) is 45.6 Å². The number of rotatable bonds is 7. The Labute approximate surface area is 288 Å². The van der Waals surface area contributed by atoms with Crippen LogP contribution in [0.25, 0.3) is 33.7 Å². The number of imidazole rings is 1. The van der Waals surface area contributed by atoms with Crippen LogP contribution in [0.2, 0.25) is 5.02 Å². The summed E-state index contributed by atoms with van der Waals surface area (Å²) in [6.45, 7) is 6.66. The number of carbonyl (C=O) groups is 2. The number of likely N-dealkylation sites (tertiary alicyclic amines) is 1. The first-order valence-electron chi connectivity index (χ1n) is 16.4. The lowest BCUT2D eigenvalue weighted by Crippen LogP contribution is -2.35. The van der Waals surface area contributed by atoms with E-state index in [-0.39, 0.29) is 11.8 Å². The molecule has 2 aliphatic heterocycles. The fourth-order valence-electron chi connectivity index (χ4n) is 6.97. The van der Waals surface area contributed by atoms with Crippen LogP contribution in [0.4, 0.5) is 5.69 Å². The zero-order valence-electron chi connectivity index (χ0n) is 27.5. The maximum atomic E-state index is 13.4. The first-order chi connectivity index (χ1) is 23.6. The topological polar surface area (TPSA) is 149 Å². The zero-order valence-corrected chi connectivity index (χ0v) is 28.3. The van der Waals surface area contributed by atoms with E-state index >= 15 is 0 Å². The molecule has 7 rings (SSSR count).